The lowest BCUT2D eigenvalue weighted by atomic mass is 10.1. The molecule has 0 fully saturated rings. The van der Waals surface area contributed by atoms with Gasteiger partial charge in [-0.2, -0.15) is 0 Å². The first-order valence-corrected chi connectivity index (χ1v) is 10.6. The maximum Gasteiger partial charge on any atom is 0.345 e. The van der Waals surface area contributed by atoms with Gasteiger partial charge in [-0.3, -0.25) is 14.9 Å². The van der Waals surface area contributed by atoms with E-state index in [9.17, 15) is 19.7 Å². The van der Waals surface area contributed by atoms with E-state index < -0.39 is 28.6 Å². The third-order valence-corrected chi connectivity index (χ3v) is 5.62. The number of anilines is 1. The number of nitro benzene ring substituents is 1. The molecule has 0 aliphatic heterocycles. The molecule has 0 spiro atoms. The highest BCUT2D eigenvalue weighted by molar-refractivity contribution is 6.31. The molecule has 1 N–H and O–H groups in total. The van der Waals surface area contributed by atoms with Crippen LogP contribution in [0, 0.1) is 10.1 Å². The van der Waals surface area contributed by atoms with E-state index in [2.05, 4.69) is 22.9 Å². The van der Waals surface area contributed by atoms with E-state index in [1.54, 1.807) is 6.07 Å². The Bertz CT molecular complexity index is 1410. The maximum atomic E-state index is 12.7. The van der Waals surface area contributed by atoms with E-state index in [4.69, 9.17) is 16.3 Å². The van der Waals surface area contributed by atoms with E-state index in [0.717, 1.165) is 34.4 Å². The summed E-state index contributed by atoms with van der Waals surface area (Å²) in [7, 11) is 0. The zero-order chi connectivity index (χ0) is 23.7. The number of hydrogen-bond donors (Lipinski definition) is 1. The molecule has 0 saturated carbocycles. The van der Waals surface area contributed by atoms with Crippen molar-refractivity contribution < 1.29 is 19.2 Å². The maximum absolute atomic E-state index is 12.7. The van der Waals surface area contributed by atoms with E-state index in [-0.39, 0.29) is 10.6 Å². The molecule has 1 atom stereocenters. The average molecular weight is 466 g/mol. The van der Waals surface area contributed by atoms with Crippen molar-refractivity contribution in [1.82, 2.24) is 4.57 Å². The van der Waals surface area contributed by atoms with Gasteiger partial charge in [0, 0.05) is 45.1 Å². The van der Waals surface area contributed by atoms with E-state index in [0.29, 0.717) is 5.69 Å². The highest BCUT2D eigenvalue weighted by Crippen LogP contribution is 2.31. The average Bonchev–Trinajstić information content (AvgIpc) is 3.11. The second-order valence-electron chi connectivity index (χ2n) is 7.45. The van der Waals surface area contributed by atoms with E-state index in [1.165, 1.54) is 19.1 Å². The van der Waals surface area contributed by atoms with Crippen molar-refractivity contribution >= 4 is 56.7 Å². The molecule has 0 saturated heterocycles. The lowest BCUT2D eigenvalue weighted by Crippen LogP contribution is -2.30. The number of ether oxygens (including phenoxy) is 1. The van der Waals surface area contributed by atoms with Gasteiger partial charge in [-0.15, -0.1) is 0 Å². The van der Waals surface area contributed by atoms with Crippen LogP contribution in [0.2, 0.25) is 5.02 Å². The topological polar surface area (TPSA) is 103 Å². The number of esters is 1. The van der Waals surface area contributed by atoms with Crippen molar-refractivity contribution in [3.63, 3.8) is 0 Å². The van der Waals surface area contributed by atoms with Crippen LogP contribution in [0.5, 0.6) is 0 Å². The zero-order valence-corrected chi connectivity index (χ0v) is 18.6. The van der Waals surface area contributed by atoms with Gasteiger partial charge in [0.2, 0.25) is 0 Å². The molecule has 1 amide bonds. The van der Waals surface area contributed by atoms with Crippen LogP contribution >= 0.6 is 11.6 Å². The third kappa shape index (κ3) is 4.25. The molecule has 9 heteroatoms. The monoisotopic (exact) mass is 465 g/mol. The lowest BCUT2D eigenvalue weighted by Gasteiger charge is -2.14. The van der Waals surface area contributed by atoms with Gasteiger partial charge in [0.15, 0.2) is 6.10 Å². The smallest absolute Gasteiger partial charge is 0.345 e. The molecule has 1 aromatic heterocycles. The van der Waals surface area contributed by atoms with Crippen LogP contribution in [0.25, 0.3) is 21.8 Å². The lowest BCUT2D eigenvalue weighted by molar-refractivity contribution is -0.385. The number of carbonyl (C=O) groups is 2. The van der Waals surface area contributed by atoms with Gasteiger partial charge in [0.25, 0.3) is 11.6 Å². The molecule has 4 rings (SSSR count). The number of para-hydroxylation sites is 1. The number of rotatable bonds is 6. The van der Waals surface area contributed by atoms with Crippen LogP contribution in [0.3, 0.4) is 0 Å². The molecule has 0 aliphatic rings. The zero-order valence-electron chi connectivity index (χ0n) is 17.9. The second kappa shape index (κ2) is 8.91. The Morgan fingerprint density at radius 2 is 1.82 bits per heavy atom. The fourth-order valence-electron chi connectivity index (χ4n) is 3.82. The molecule has 4 aromatic rings. The number of aromatic nitrogens is 1. The number of nitro groups is 1. The summed E-state index contributed by atoms with van der Waals surface area (Å²) in [5.41, 5.74) is 1.93. The SMILES string of the molecule is CCn1c2ccccc2c2cc(NC(=O)C(C)OC(=O)c3ccc(Cl)cc3[N+](=O)[O-])ccc21. The minimum atomic E-state index is -1.18. The number of hydrogen-bond acceptors (Lipinski definition) is 5. The molecule has 33 heavy (non-hydrogen) atoms. The second-order valence-corrected chi connectivity index (χ2v) is 7.89. The summed E-state index contributed by atoms with van der Waals surface area (Å²) in [5, 5.41) is 16.1. The number of fused-ring (bicyclic) bond motifs is 3. The largest absolute Gasteiger partial charge is 0.449 e. The van der Waals surface area contributed by atoms with Crippen LogP contribution in [0.1, 0.15) is 24.2 Å². The Balaban J connectivity index is 1.54. The van der Waals surface area contributed by atoms with Crippen molar-refractivity contribution in [3.05, 3.63) is 81.4 Å². The molecule has 3 aromatic carbocycles. The van der Waals surface area contributed by atoms with Crippen LogP contribution in [-0.2, 0) is 16.1 Å². The summed E-state index contributed by atoms with van der Waals surface area (Å²) in [6.45, 7) is 4.28. The van der Waals surface area contributed by atoms with Gasteiger partial charge in [-0.25, -0.2) is 4.79 Å². The number of benzene rings is 3. The first-order chi connectivity index (χ1) is 15.8. The van der Waals surface area contributed by atoms with Crippen molar-refractivity contribution in [3.8, 4) is 0 Å². The van der Waals surface area contributed by atoms with Gasteiger partial charge in [0.1, 0.15) is 5.56 Å². The molecular weight excluding hydrogens is 446 g/mol. The van der Waals surface area contributed by atoms with Crippen LogP contribution in [-0.4, -0.2) is 27.5 Å². The van der Waals surface area contributed by atoms with Gasteiger partial charge in [0.05, 0.1) is 4.92 Å². The Hall–Kier alpha value is -3.91. The number of nitrogens with one attached hydrogen (secondary N) is 1. The van der Waals surface area contributed by atoms with E-state index >= 15 is 0 Å². The Labute approximate surface area is 193 Å². The minimum absolute atomic E-state index is 0.115. The Morgan fingerprint density at radius 3 is 2.55 bits per heavy atom. The fourth-order valence-corrected chi connectivity index (χ4v) is 3.99. The molecule has 0 bridgehead atoms. The van der Waals surface area contributed by atoms with Crippen molar-refractivity contribution in [2.45, 2.75) is 26.5 Å². The normalized spacial score (nSPS) is 12.0. The van der Waals surface area contributed by atoms with Crippen molar-refractivity contribution in [2.75, 3.05) is 5.32 Å². The number of halogens is 1. The summed E-state index contributed by atoms with van der Waals surface area (Å²) < 4.78 is 7.37. The summed E-state index contributed by atoms with van der Waals surface area (Å²) >= 11 is 5.78. The predicted molar refractivity (Wildman–Crippen MR) is 127 cm³/mol. The van der Waals surface area contributed by atoms with Gasteiger partial charge in [-0.05, 0) is 50.2 Å². The van der Waals surface area contributed by atoms with Gasteiger partial charge < -0.3 is 14.6 Å². The van der Waals surface area contributed by atoms with E-state index in [1.807, 2.05) is 30.3 Å². The highest BCUT2D eigenvalue weighted by atomic mass is 35.5. The summed E-state index contributed by atoms with van der Waals surface area (Å²) in [6, 6.07) is 17.2. The quantitative estimate of drug-likeness (QED) is 0.228. The number of nitrogens with zero attached hydrogens (tertiary/aromatic N) is 2. The molecular formula is C24H20ClN3O5. The third-order valence-electron chi connectivity index (χ3n) is 5.39. The van der Waals surface area contributed by atoms with Crippen LogP contribution in [0.15, 0.2) is 60.7 Å². The first-order valence-electron chi connectivity index (χ1n) is 10.3. The first kappa shape index (κ1) is 22.3. The molecule has 0 radical (unpaired) electrons. The molecule has 8 nitrogen and oxygen atoms in total. The standard InChI is InChI=1S/C24H20ClN3O5/c1-3-27-20-7-5-4-6-17(20)19-13-16(9-11-21(19)27)26-23(29)14(2)33-24(30)18-10-8-15(25)12-22(18)28(31)32/h4-14H,3H2,1-2H3,(H,26,29). The van der Waals surface area contributed by atoms with Crippen LogP contribution < -0.4 is 5.32 Å². The number of carbonyl (C=O) groups excluding carboxylic acids is 2. The number of aryl methyl sites for hydroxylation is 1. The number of amides is 1. The molecule has 1 heterocycles. The van der Waals surface area contributed by atoms with Crippen molar-refractivity contribution in [2.24, 2.45) is 0 Å². The Kier molecular flexibility index (Phi) is 6.02. The summed E-state index contributed by atoms with van der Waals surface area (Å²) in [5.74, 6) is -1.54. The van der Waals surface area contributed by atoms with Gasteiger partial charge >= 0.3 is 5.97 Å². The molecule has 1 unspecified atom stereocenters. The summed E-state index contributed by atoms with van der Waals surface area (Å²) in [4.78, 5) is 35.6. The van der Waals surface area contributed by atoms with Crippen molar-refractivity contribution in [1.29, 1.82) is 0 Å². The predicted octanol–water partition coefficient (Wildman–Crippen LogP) is 5.56. The van der Waals surface area contributed by atoms with Crippen LogP contribution in [0.4, 0.5) is 11.4 Å². The van der Waals surface area contributed by atoms with Gasteiger partial charge in [-0.1, -0.05) is 29.8 Å². The fraction of sp³-hybridized carbons (Fsp3) is 0.167. The highest BCUT2D eigenvalue weighted by Gasteiger charge is 2.26. The summed E-state index contributed by atoms with van der Waals surface area (Å²) in [6.07, 6.45) is -1.18. The molecule has 0 aliphatic carbocycles. The Morgan fingerprint density at radius 1 is 1.09 bits per heavy atom. The molecule has 168 valence electrons. The minimum Gasteiger partial charge on any atom is -0.449 e.